The van der Waals surface area contributed by atoms with Gasteiger partial charge in [0.25, 0.3) is 0 Å². The highest BCUT2D eigenvalue weighted by Crippen LogP contribution is 2.11. The van der Waals surface area contributed by atoms with Crippen molar-refractivity contribution in [2.75, 3.05) is 13.1 Å². The molecule has 0 aliphatic heterocycles. The van der Waals surface area contributed by atoms with Crippen molar-refractivity contribution in [3.63, 3.8) is 0 Å². The minimum absolute atomic E-state index is 0.0549. The molecule has 15 heavy (non-hydrogen) atoms. The molecule has 0 radical (unpaired) electrons. The standard InChI is InChI=1S/C11H16N2O2/c1-3-6-12-8-11(14)13-9(2)10-5-4-7-15-10/h3-5,7,9,12H,1,6,8H2,2H3,(H,13,14)/t9-/m1/s1. The van der Waals surface area contributed by atoms with Crippen molar-refractivity contribution in [1.29, 1.82) is 0 Å². The van der Waals surface area contributed by atoms with Crippen LogP contribution in [0.2, 0.25) is 0 Å². The van der Waals surface area contributed by atoms with E-state index in [1.54, 1.807) is 18.4 Å². The monoisotopic (exact) mass is 208 g/mol. The van der Waals surface area contributed by atoms with Gasteiger partial charge in [-0.3, -0.25) is 4.79 Å². The quantitative estimate of drug-likeness (QED) is 0.546. The summed E-state index contributed by atoms with van der Waals surface area (Å²) in [6.07, 6.45) is 3.30. The molecule has 0 aromatic carbocycles. The minimum atomic E-state index is -0.0990. The van der Waals surface area contributed by atoms with Crippen LogP contribution in [-0.4, -0.2) is 19.0 Å². The summed E-state index contributed by atoms with van der Waals surface area (Å²) in [7, 11) is 0. The normalized spacial score (nSPS) is 12.1. The molecule has 4 heteroatoms. The third-order valence-corrected chi connectivity index (χ3v) is 1.92. The molecule has 1 aromatic rings. The van der Waals surface area contributed by atoms with Crippen molar-refractivity contribution in [3.05, 3.63) is 36.8 Å². The first-order valence-corrected chi connectivity index (χ1v) is 4.88. The van der Waals surface area contributed by atoms with E-state index in [0.717, 1.165) is 5.76 Å². The Morgan fingerprint density at radius 1 is 1.73 bits per heavy atom. The lowest BCUT2D eigenvalue weighted by Gasteiger charge is -2.11. The fraction of sp³-hybridized carbons (Fsp3) is 0.364. The van der Waals surface area contributed by atoms with E-state index in [1.807, 2.05) is 13.0 Å². The Morgan fingerprint density at radius 2 is 2.53 bits per heavy atom. The van der Waals surface area contributed by atoms with Gasteiger partial charge in [-0.25, -0.2) is 0 Å². The van der Waals surface area contributed by atoms with Crippen molar-refractivity contribution in [1.82, 2.24) is 10.6 Å². The maximum Gasteiger partial charge on any atom is 0.234 e. The van der Waals surface area contributed by atoms with Crippen LogP contribution in [0.25, 0.3) is 0 Å². The Kier molecular flexibility index (Phi) is 4.63. The number of hydrogen-bond acceptors (Lipinski definition) is 3. The van der Waals surface area contributed by atoms with Crippen LogP contribution >= 0.6 is 0 Å². The number of nitrogens with one attached hydrogen (secondary N) is 2. The zero-order valence-electron chi connectivity index (χ0n) is 8.82. The smallest absolute Gasteiger partial charge is 0.234 e. The molecule has 4 nitrogen and oxygen atoms in total. The topological polar surface area (TPSA) is 54.3 Å². The minimum Gasteiger partial charge on any atom is -0.467 e. The summed E-state index contributed by atoms with van der Waals surface area (Å²) in [6.45, 7) is 6.35. The summed E-state index contributed by atoms with van der Waals surface area (Å²) in [5, 5.41) is 5.74. The highest BCUT2D eigenvalue weighted by molar-refractivity contribution is 5.78. The number of carbonyl (C=O) groups excluding carboxylic acids is 1. The van der Waals surface area contributed by atoms with E-state index >= 15 is 0 Å². The largest absolute Gasteiger partial charge is 0.467 e. The van der Waals surface area contributed by atoms with Gasteiger partial charge in [0.05, 0.1) is 18.8 Å². The third-order valence-electron chi connectivity index (χ3n) is 1.92. The molecule has 0 fully saturated rings. The van der Waals surface area contributed by atoms with Gasteiger partial charge < -0.3 is 15.1 Å². The summed E-state index contributed by atoms with van der Waals surface area (Å²) in [4.78, 5) is 11.4. The van der Waals surface area contributed by atoms with Gasteiger partial charge in [0.2, 0.25) is 5.91 Å². The molecule has 0 aliphatic carbocycles. The summed E-state index contributed by atoms with van der Waals surface area (Å²) in [5.41, 5.74) is 0. The molecule has 0 bridgehead atoms. The van der Waals surface area contributed by atoms with E-state index in [2.05, 4.69) is 17.2 Å². The van der Waals surface area contributed by atoms with E-state index in [4.69, 9.17) is 4.42 Å². The van der Waals surface area contributed by atoms with Gasteiger partial charge >= 0.3 is 0 Å². The van der Waals surface area contributed by atoms with Crippen molar-refractivity contribution >= 4 is 5.91 Å². The first-order valence-electron chi connectivity index (χ1n) is 4.88. The second-order valence-corrected chi connectivity index (χ2v) is 3.22. The molecule has 82 valence electrons. The first-order chi connectivity index (χ1) is 7.24. The molecule has 1 atom stereocenters. The zero-order valence-corrected chi connectivity index (χ0v) is 8.82. The predicted octanol–water partition coefficient (Wildman–Crippen LogP) is 1.23. The third kappa shape index (κ3) is 3.99. The molecule has 2 N–H and O–H groups in total. The average molecular weight is 208 g/mol. The lowest BCUT2D eigenvalue weighted by atomic mass is 10.2. The van der Waals surface area contributed by atoms with Gasteiger partial charge in [0.15, 0.2) is 0 Å². The molecule has 1 rings (SSSR count). The lowest BCUT2D eigenvalue weighted by molar-refractivity contribution is -0.120. The Hall–Kier alpha value is -1.55. The Morgan fingerprint density at radius 3 is 3.13 bits per heavy atom. The SMILES string of the molecule is C=CCNCC(=O)N[C@H](C)c1ccco1. The second kappa shape index (κ2) is 6.03. The molecule has 0 saturated heterocycles. The number of furan rings is 1. The van der Waals surface area contributed by atoms with Crippen molar-refractivity contribution in [2.24, 2.45) is 0 Å². The molecular formula is C11H16N2O2. The summed E-state index contributed by atoms with van der Waals surface area (Å²) in [5.74, 6) is 0.702. The second-order valence-electron chi connectivity index (χ2n) is 3.22. The van der Waals surface area contributed by atoms with Gasteiger partial charge in [0, 0.05) is 6.54 Å². The number of rotatable bonds is 6. The van der Waals surface area contributed by atoms with Gasteiger partial charge in [-0.05, 0) is 19.1 Å². The van der Waals surface area contributed by atoms with Gasteiger partial charge in [-0.1, -0.05) is 6.08 Å². The molecular weight excluding hydrogens is 192 g/mol. The van der Waals surface area contributed by atoms with Crippen LogP contribution in [-0.2, 0) is 4.79 Å². The molecule has 1 heterocycles. The molecule has 1 aromatic heterocycles. The Balaban J connectivity index is 2.28. The van der Waals surface area contributed by atoms with Gasteiger partial charge in [-0.2, -0.15) is 0 Å². The van der Waals surface area contributed by atoms with Gasteiger partial charge in [0.1, 0.15) is 5.76 Å². The van der Waals surface area contributed by atoms with Crippen LogP contribution in [0, 0.1) is 0 Å². The molecule has 1 amide bonds. The maximum absolute atomic E-state index is 11.4. The molecule has 0 aliphatic rings. The van der Waals surface area contributed by atoms with Gasteiger partial charge in [-0.15, -0.1) is 6.58 Å². The van der Waals surface area contributed by atoms with Crippen LogP contribution < -0.4 is 10.6 Å². The van der Waals surface area contributed by atoms with E-state index < -0.39 is 0 Å². The first kappa shape index (κ1) is 11.5. The Bertz CT molecular complexity index is 306. The fourth-order valence-electron chi connectivity index (χ4n) is 1.19. The average Bonchev–Trinajstić information content (AvgIpc) is 2.70. The van der Waals surface area contributed by atoms with Crippen LogP contribution in [0.15, 0.2) is 35.5 Å². The van der Waals surface area contributed by atoms with Crippen LogP contribution in [0.4, 0.5) is 0 Å². The summed E-state index contributed by atoms with van der Waals surface area (Å²) < 4.78 is 5.17. The van der Waals surface area contributed by atoms with Crippen LogP contribution in [0.5, 0.6) is 0 Å². The summed E-state index contributed by atoms with van der Waals surface area (Å²) >= 11 is 0. The maximum atomic E-state index is 11.4. The van der Waals surface area contributed by atoms with Crippen molar-refractivity contribution in [3.8, 4) is 0 Å². The van der Waals surface area contributed by atoms with Crippen molar-refractivity contribution in [2.45, 2.75) is 13.0 Å². The number of amides is 1. The number of carbonyl (C=O) groups is 1. The molecule has 0 saturated carbocycles. The zero-order chi connectivity index (χ0) is 11.1. The van der Waals surface area contributed by atoms with E-state index in [9.17, 15) is 4.79 Å². The van der Waals surface area contributed by atoms with Crippen LogP contribution in [0.3, 0.4) is 0 Å². The fourth-order valence-corrected chi connectivity index (χ4v) is 1.19. The van der Waals surface area contributed by atoms with Crippen LogP contribution in [0.1, 0.15) is 18.7 Å². The van der Waals surface area contributed by atoms with E-state index in [0.29, 0.717) is 6.54 Å². The summed E-state index contributed by atoms with van der Waals surface area (Å²) in [6, 6.07) is 3.54. The van der Waals surface area contributed by atoms with E-state index in [1.165, 1.54) is 0 Å². The molecule has 0 unspecified atom stereocenters. The highest BCUT2D eigenvalue weighted by Gasteiger charge is 2.10. The Labute approximate surface area is 89.4 Å². The van der Waals surface area contributed by atoms with E-state index in [-0.39, 0.29) is 18.5 Å². The van der Waals surface area contributed by atoms with Crippen molar-refractivity contribution < 1.29 is 9.21 Å². The predicted molar refractivity (Wildman–Crippen MR) is 58.3 cm³/mol. The number of hydrogen-bond donors (Lipinski definition) is 2. The highest BCUT2D eigenvalue weighted by atomic mass is 16.3. The lowest BCUT2D eigenvalue weighted by Crippen LogP contribution is -2.35. The molecule has 0 spiro atoms.